The summed E-state index contributed by atoms with van der Waals surface area (Å²) in [5.41, 5.74) is 0.146. The van der Waals surface area contributed by atoms with Crippen molar-refractivity contribution in [2.24, 2.45) is 0 Å². The Bertz CT molecular complexity index is 1050. The number of amides is 1. The third-order valence-corrected chi connectivity index (χ3v) is 5.65. The van der Waals surface area contributed by atoms with E-state index in [1.165, 1.54) is 54.6 Å². The van der Waals surface area contributed by atoms with Gasteiger partial charge >= 0.3 is 0 Å². The number of phenols is 1. The minimum Gasteiger partial charge on any atom is -0.508 e. The van der Waals surface area contributed by atoms with E-state index in [9.17, 15) is 22.7 Å². The Morgan fingerprint density at radius 2 is 1.48 bits per heavy atom. The molecule has 0 aliphatic heterocycles. The summed E-state index contributed by atoms with van der Waals surface area (Å²) in [7, 11) is -4.22. The van der Waals surface area contributed by atoms with E-state index >= 15 is 0 Å². The van der Waals surface area contributed by atoms with Crippen molar-refractivity contribution < 1.29 is 22.7 Å². The number of sulfonamides is 1. The second-order valence-electron chi connectivity index (χ2n) is 5.76. The zero-order chi connectivity index (χ0) is 19.4. The van der Waals surface area contributed by atoms with Crippen LogP contribution in [0, 0.1) is 5.82 Å². The first-order valence-electron chi connectivity index (χ1n) is 8.05. The number of aromatic hydroxyl groups is 1. The van der Waals surface area contributed by atoms with Crippen molar-refractivity contribution in [3.63, 3.8) is 0 Å². The van der Waals surface area contributed by atoms with Crippen LogP contribution < -0.4 is 4.31 Å². The van der Waals surface area contributed by atoms with Crippen LogP contribution in [0.4, 0.5) is 10.1 Å². The zero-order valence-corrected chi connectivity index (χ0v) is 14.9. The lowest BCUT2D eigenvalue weighted by molar-refractivity contribution is -0.116. The second kappa shape index (κ2) is 7.59. The maximum atomic E-state index is 13.9. The lowest BCUT2D eigenvalue weighted by atomic mass is 10.1. The molecule has 138 valence electrons. The van der Waals surface area contributed by atoms with Gasteiger partial charge in [0.15, 0.2) is 0 Å². The molecule has 3 aromatic carbocycles. The molecule has 0 saturated carbocycles. The Kier molecular flexibility index (Phi) is 5.23. The molecule has 0 heterocycles. The van der Waals surface area contributed by atoms with E-state index in [1.54, 1.807) is 24.3 Å². The van der Waals surface area contributed by atoms with Crippen LogP contribution in [0.3, 0.4) is 0 Å². The molecule has 3 rings (SSSR count). The number of hydrogen-bond acceptors (Lipinski definition) is 4. The van der Waals surface area contributed by atoms with Crippen molar-refractivity contribution in [3.8, 4) is 5.75 Å². The minimum absolute atomic E-state index is 0.0537. The number of benzene rings is 3. The molecule has 0 unspecified atom stereocenters. The van der Waals surface area contributed by atoms with Crippen LogP contribution in [-0.2, 0) is 21.2 Å². The van der Waals surface area contributed by atoms with Crippen molar-refractivity contribution >= 4 is 21.6 Å². The average molecular weight is 385 g/mol. The van der Waals surface area contributed by atoms with Crippen molar-refractivity contribution in [2.45, 2.75) is 11.3 Å². The molecule has 0 aliphatic rings. The highest BCUT2D eigenvalue weighted by Gasteiger charge is 2.31. The molecule has 0 aliphatic carbocycles. The lowest BCUT2D eigenvalue weighted by Gasteiger charge is -2.23. The minimum atomic E-state index is -4.22. The van der Waals surface area contributed by atoms with E-state index in [1.807, 2.05) is 0 Å². The number of anilines is 1. The van der Waals surface area contributed by atoms with Gasteiger partial charge in [0.1, 0.15) is 11.6 Å². The van der Waals surface area contributed by atoms with Gasteiger partial charge in [0, 0.05) is 0 Å². The van der Waals surface area contributed by atoms with Crippen molar-refractivity contribution in [1.82, 2.24) is 0 Å². The molecule has 0 saturated heterocycles. The van der Waals surface area contributed by atoms with Crippen LogP contribution in [0.5, 0.6) is 5.75 Å². The van der Waals surface area contributed by atoms with Gasteiger partial charge in [0.25, 0.3) is 10.0 Å². The molecule has 1 amide bonds. The van der Waals surface area contributed by atoms with Crippen LogP contribution in [0.1, 0.15) is 5.56 Å². The summed E-state index contributed by atoms with van der Waals surface area (Å²) in [5, 5.41) is 9.47. The summed E-state index contributed by atoms with van der Waals surface area (Å²) in [4.78, 5) is 12.8. The molecule has 7 heteroatoms. The first kappa shape index (κ1) is 18.6. The van der Waals surface area contributed by atoms with E-state index in [2.05, 4.69) is 0 Å². The van der Waals surface area contributed by atoms with E-state index in [0.29, 0.717) is 4.31 Å². The molecule has 0 radical (unpaired) electrons. The highest BCUT2D eigenvalue weighted by molar-refractivity contribution is 7.93. The van der Waals surface area contributed by atoms with Gasteiger partial charge in [-0.25, -0.2) is 17.1 Å². The first-order chi connectivity index (χ1) is 12.9. The fourth-order valence-corrected chi connectivity index (χ4v) is 4.02. The highest BCUT2D eigenvalue weighted by Crippen LogP contribution is 2.26. The van der Waals surface area contributed by atoms with Gasteiger partial charge in [-0.3, -0.25) is 4.79 Å². The summed E-state index contributed by atoms with van der Waals surface area (Å²) < 4.78 is 40.7. The fraction of sp³-hybridized carbons (Fsp3) is 0.0500. The number of carbonyl (C=O) groups is 1. The summed E-state index contributed by atoms with van der Waals surface area (Å²) in [6.45, 7) is 0. The highest BCUT2D eigenvalue weighted by atomic mass is 32.2. The zero-order valence-electron chi connectivity index (χ0n) is 14.1. The van der Waals surface area contributed by atoms with Gasteiger partial charge in [-0.15, -0.1) is 0 Å². The SMILES string of the molecule is O=C(Cc1ccccc1F)N(c1ccc(O)cc1)S(=O)(=O)c1ccccc1. The Hall–Kier alpha value is -3.19. The maximum Gasteiger partial charge on any atom is 0.270 e. The van der Waals surface area contributed by atoms with Crippen molar-refractivity contribution in [2.75, 3.05) is 4.31 Å². The molecule has 5 nitrogen and oxygen atoms in total. The van der Waals surface area contributed by atoms with Crippen LogP contribution >= 0.6 is 0 Å². The summed E-state index contributed by atoms with van der Waals surface area (Å²) in [5.74, 6) is -1.47. The molecule has 27 heavy (non-hydrogen) atoms. The van der Waals surface area contributed by atoms with Crippen LogP contribution in [-0.4, -0.2) is 19.4 Å². The lowest BCUT2D eigenvalue weighted by Crippen LogP contribution is -2.38. The van der Waals surface area contributed by atoms with Gasteiger partial charge in [-0.2, -0.15) is 0 Å². The van der Waals surface area contributed by atoms with Gasteiger partial charge < -0.3 is 5.11 Å². The molecule has 0 fully saturated rings. The van der Waals surface area contributed by atoms with E-state index < -0.39 is 28.2 Å². The van der Waals surface area contributed by atoms with Crippen molar-refractivity contribution in [3.05, 3.63) is 90.2 Å². The van der Waals surface area contributed by atoms with Gasteiger partial charge in [-0.1, -0.05) is 36.4 Å². The van der Waals surface area contributed by atoms with E-state index in [0.717, 1.165) is 0 Å². The monoisotopic (exact) mass is 385 g/mol. The summed E-state index contributed by atoms with van der Waals surface area (Å²) in [6.07, 6.45) is -0.431. The molecule has 3 aromatic rings. The molecule has 0 bridgehead atoms. The Morgan fingerprint density at radius 3 is 2.11 bits per heavy atom. The summed E-state index contributed by atoms with van der Waals surface area (Å²) in [6, 6.07) is 18.4. The molecule has 0 aromatic heterocycles. The number of phenolic OH excluding ortho intramolecular Hbond substituents is 1. The second-order valence-corrected chi connectivity index (χ2v) is 7.55. The average Bonchev–Trinajstić information content (AvgIpc) is 2.66. The van der Waals surface area contributed by atoms with Crippen LogP contribution in [0.2, 0.25) is 0 Å². The van der Waals surface area contributed by atoms with Crippen LogP contribution in [0.15, 0.2) is 83.8 Å². The number of rotatable bonds is 5. The molecular weight excluding hydrogens is 369 g/mol. The van der Waals surface area contributed by atoms with Crippen molar-refractivity contribution in [1.29, 1.82) is 0 Å². The third kappa shape index (κ3) is 3.98. The fourth-order valence-electron chi connectivity index (χ4n) is 2.58. The number of hydrogen-bond donors (Lipinski definition) is 1. The molecule has 0 atom stereocenters. The maximum absolute atomic E-state index is 13.9. The first-order valence-corrected chi connectivity index (χ1v) is 9.49. The standard InChI is InChI=1S/C20H16FNO4S/c21-19-9-5-4-6-15(19)14-20(24)22(16-10-12-17(23)13-11-16)27(25,26)18-7-2-1-3-8-18/h1-13,23H,14H2. The Labute approximate surface area is 156 Å². The van der Waals surface area contributed by atoms with Crippen LogP contribution in [0.25, 0.3) is 0 Å². The molecule has 0 spiro atoms. The van der Waals surface area contributed by atoms with Gasteiger partial charge in [-0.05, 0) is 48.0 Å². The van der Waals surface area contributed by atoms with Gasteiger partial charge in [0.05, 0.1) is 17.0 Å². The van der Waals surface area contributed by atoms with Gasteiger partial charge in [0.2, 0.25) is 5.91 Å². The summed E-state index contributed by atoms with van der Waals surface area (Å²) >= 11 is 0. The van der Waals surface area contributed by atoms with E-state index in [-0.39, 0.29) is 21.9 Å². The smallest absolute Gasteiger partial charge is 0.270 e. The normalized spacial score (nSPS) is 11.1. The van der Waals surface area contributed by atoms with E-state index in [4.69, 9.17) is 0 Å². The predicted molar refractivity (Wildman–Crippen MR) is 99.3 cm³/mol. The topological polar surface area (TPSA) is 74.7 Å². The largest absolute Gasteiger partial charge is 0.508 e. The third-order valence-electron chi connectivity index (χ3n) is 3.89. The molecular formula is C20H16FNO4S. The quantitative estimate of drug-likeness (QED) is 0.730. The Balaban J connectivity index is 2.06. The number of nitrogens with zero attached hydrogens (tertiary/aromatic N) is 1. The predicted octanol–water partition coefficient (Wildman–Crippen LogP) is 3.50. The Morgan fingerprint density at radius 1 is 0.889 bits per heavy atom. The number of carbonyl (C=O) groups excluding carboxylic acids is 1. The number of halogens is 1. The molecule has 1 N–H and O–H groups in total.